The van der Waals surface area contributed by atoms with Gasteiger partial charge in [0, 0.05) is 10.4 Å². The molecular weight excluding hydrogens is 380 g/mol. The molecular formula is C22H14N6S. The summed E-state index contributed by atoms with van der Waals surface area (Å²) < 4.78 is 0. The SMILES string of the molecule is [C-]#[N+]c1c(-c2ccnnc2)sc(-c2nnc[nH]2)c1Cc1ccc2ccccc2c1. The first-order valence-corrected chi connectivity index (χ1v) is 9.79. The Kier molecular flexibility index (Phi) is 4.31. The first-order chi connectivity index (χ1) is 14.3. The maximum atomic E-state index is 7.86. The third kappa shape index (κ3) is 3.16. The van der Waals surface area contributed by atoms with E-state index in [2.05, 4.69) is 60.6 Å². The molecule has 0 saturated carbocycles. The maximum Gasteiger partial charge on any atom is 0.209 e. The monoisotopic (exact) mass is 394 g/mol. The van der Waals surface area contributed by atoms with Crippen LogP contribution in [0.15, 0.2) is 67.3 Å². The van der Waals surface area contributed by atoms with E-state index in [1.54, 1.807) is 18.7 Å². The normalized spacial score (nSPS) is 10.9. The number of hydrogen-bond acceptors (Lipinski definition) is 5. The molecule has 0 saturated heterocycles. The lowest BCUT2D eigenvalue weighted by atomic mass is 9.99. The summed E-state index contributed by atoms with van der Waals surface area (Å²) in [6, 6.07) is 16.6. The molecule has 0 atom stereocenters. The Morgan fingerprint density at radius 2 is 1.86 bits per heavy atom. The second-order valence-corrected chi connectivity index (χ2v) is 7.55. The lowest BCUT2D eigenvalue weighted by Gasteiger charge is -2.06. The van der Waals surface area contributed by atoms with Crippen LogP contribution in [0, 0.1) is 6.57 Å². The van der Waals surface area contributed by atoms with Gasteiger partial charge in [0.1, 0.15) is 6.33 Å². The van der Waals surface area contributed by atoms with Crippen LogP contribution in [0.25, 0.3) is 36.8 Å². The number of thiophene rings is 1. The fraction of sp³-hybridized carbons (Fsp3) is 0.0455. The third-order valence-electron chi connectivity index (χ3n) is 4.76. The van der Waals surface area contributed by atoms with Crippen molar-refractivity contribution in [3.05, 3.63) is 89.8 Å². The summed E-state index contributed by atoms with van der Waals surface area (Å²) in [4.78, 5) is 8.77. The predicted molar refractivity (Wildman–Crippen MR) is 114 cm³/mol. The molecule has 0 radical (unpaired) electrons. The third-order valence-corrected chi connectivity index (χ3v) is 6.04. The second kappa shape index (κ2) is 7.26. The molecule has 3 heterocycles. The largest absolute Gasteiger partial charge is 0.327 e. The van der Waals surface area contributed by atoms with E-state index in [0.717, 1.165) is 26.4 Å². The van der Waals surface area contributed by atoms with Crippen LogP contribution in [0.3, 0.4) is 0 Å². The number of nitrogens with one attached hydrogen (secondary N) is 1. The second-order valence-electron chi connectivity index (χ2n) is 6.53. The fourth-order valence-corrected chi connectivity index (χ4v) is 4.62. The molecule has 0 amide bonds. The molecule has 0 aliphatic heterocycles. The Balaban J connectivity index is 1.67. The van der Waals surface area contributed by atoms with Gasteiger partial charge in [-0.15, -0.1) is 21.5 Å². The van der Waals surface area contributed by atoms with E-state index in [0.29, 0.717) is 17.9 Å². The van der Waals surface area contributed by atoms with Crippen molar-refractivity contribution >= 4 is 27.8 Å². The Morgan fingerprint density at radius 1 is 0.966 bits per heavy atom. The van der Waals surface area contributed by atoms with Crippen molar-refractivity contribution in [2.75, 3.05) is 0 Å². The summed E-state index contributed by atoms with van der Waals surface area (Å²) in [5.74, 6) is 0.670. The zero-order chi connectivity index (χ0) is 19.6. The van der Waals surface area contributed by atoms with Gasteiger partial charge in [0.05, 0.1) is 23.8 Å². The lowest BCUT2D eigenvalue weighted by molar-refractivity contribution is 1.03. The molecule has 0 aliphatic carbocycles. The zero-order valence-electron chi connectivity index (χ0n) is 15.2. The first-order valence-electron chi connectivity index (χ1n) is 8.98. The predicted octanol–water partition coefficient (Wildman–Crippen LogP) is 5.28. The summed E-state index contributed by atoms with van der Waals surface area (Å²) in [6.07, 6.45) is 5.51. The zero-order valence-corrected chi connectivity index (χ0v) is 16.0. The van der Waals surface area contributed by atoms with Crippen LogP contribution >= 0.6 is 11.3 Å². The molecule has 0 bridgehead atoms. The molecule has 2 aromatic carbocycles. The van der Waals surface area contributed by atoms with Crippen LogP contribution in [0.5, 0.6) is 0 Å². The van der Waals surface area contributed by atoms with Crippen molar-refractivity contribution in [3.8, 4) is 21.1 Å². The summed E-state index contributed by atoms with van der Waals surface area (Å²) in [7, 11) is 0. The minimum atomic E-state index is 0.627. The van der Waals surface area contributed by atoms with Crippen molar-refractivity contribution < 1.29 is 0 Å². The van der Waals surface area contributed by atoms with Gasteiger partial charge in [-0.05, 0) is 34.4 Å². The van der Waals surface area contributed by atoms with E-state index in [9.17, 15) is 0 Å². The maximum absolute atomic E-state index is 7.86. The van der Waals surface area contributed by atoms with Crippen LogP contribution in [0.2, 0.25) is 0 Å². The lowest BCUT2D eigenvalue weighted by Crippen LogP contribution is -1.90. The van der Waals surface area contributed by atoms with Crippen LogP contribution in [-0.2, 0) is 6.42 Å². The average molecular weight is 394 g/mol. The molecule has 7 heteroatoms. The van der Waals surface area contributed by atoms with Gasteiger partial charge in [0.15, 0.2) is 5.82 Å². The van der Waals surface area contributed by atoms with Gasteiger partial charge in [-0.3, -0.25) is 0 Å². The highest BCUT2D eigenvalue weighted by molar-refractivity contribution is 7.19. The number of benzene rings is 2. The van der Waals surface area contributed by atoms with Crippen molar-refractivity contribution in [1.82, 2.24) is 25.4 Å². The summed E-state index contributed by atoms with van der Waals surface area (Å²) in [5.41, 5.74) is 3.60. The fourth-order valence-electron chi connectivity index (χ4n) is 3.42. The molecule has 0 fully saturated rings. The van der Waals surface area contributed by atoms with Gasteiger partial charge in [-0.1, -0.05) is 42.5 Å². The number of aromatic nitrogens is 5. The Bertz CT molecular complexity index is 1330. The minimum absolute atomic E-state index is 0.627. The number of aromatic amines is 1. The molecule has 0 spiro atoms. The van der Waals surface area contributed by atoms with E-state index >= 15 is 0 Å². The van der Waals surface area contributed by atoms with Crippen LogP contribution < -0.4 is 0 Å². The molecule has 138 valence electrons. The minimum Gasteiger partial charge on any atom is -0.327 e. The summed E-state index contributed by atoms with van der Waals surface area (Å²) in [5, 5.41) is 18.3. The Labute approximate surface area is 170 Å². The van der Waals surface area contributed by atoms with Crippen molar-refractivity contribution in [3.63, 3.8) is 0 Å². The van der Waals surface area contributed by atoms with E-state index in [-0.39, 0.29) is 0 Å². The Hall–Kier alpha value is -3.89. The van der Waals surface area contributed by atoms with Gasteiger partial charge in [-0.2, -0.15) is 10.2 Å². The van der Waals surface area contributed by atoms with Crippen LogP contribution in [-0.4, -0.2) is 25.4 Å². The van der Waals surface area contributed by atoms with Crippen LogP contribution in [0.1, 0.15) is 11.1 Å². The number of H-pyrrole nitrogens is 1. The van der Waals surface area contributed by atoms with Gasteiger partial charge < -0.3 is 4.98 Å². The van der Waals surface area contributed by atoms with E-state index in [1.807, 2.05) is 18.2 Å². The molecule has 0 unspecified atom stereocenters. The molecule has 5 rings (SSSR count). The highest BCUT2D eigenvalue weighted by Crippen LogP contribution is 2.47. The van der Waals surface area contributed by atoms with E-state index in [4.69, 9.17) is 6.57 Å². The Morgan fingerprint density at radius 3 is 2.62 bits per heavy atom. The molecule has 5 aromatic rings. The van der Waals surface area contributed by atoms with Crippen molar-refractivity contribution in [2.24, 2.45) is 0 Å². The highest BCUT2D eigenvalue weighted by Gasteiger charge is 2.22. The molecule has 6 nitrogen and oxygen atoms in total. The number of fused-ring (bicyclic) bond motifs is 1. The van der Waals surface area contributed by atoms with Crippen LogP contribution in [0.4, 0.5) is 5.69 Å². The summed E-state index contributed by atoms with van der Waals surface area (Å²) >= 11 is 1.53. The number of rotatable bonds is 4. The smallest absolute Gasteiger partial charge is 0.209 e. The van der Waals surface area contributed by atoms with Crippen molar-refractivity contribution in [2.45, 2.75) is 6.42 Å². The van der Waals surface area contributed by atoms with Gasteiger partial charge in [0.2, 0.25) is 5.69 Å². The molecule has 1 N–H and O–H groups in total. The average Bonchev–Trinajstić information content (AvgIpc) is 3.42. The molecule has 29 heavy (non-hydrogen) atoms. The molecule has 3 aromatic heterocycles. The highest BCUT2D eigenvalue weighted by atomic mass is 32.1. The summed E-state index contributed by atoms with van der Waals surface area (Å²) in [6.45, 7) is 7.86. The van der Waals surface area contributed by atoms with Gasteiger partial charge in [-0.25, -0.2) is 4.85 Å². The van der Waals surface area contributed by atoms with E-state index in [1.165, 1.54) is 22.1 Å². The quantitative estimate of drug-likeness (QED) is 0.421. The number of hydrogen-bond donors (Lipinski definition) is 1. The first kappa shape index (κ1) is 17.2. The topological polar surface area (TPSA) is 71.7 Å². The standard InChI is InChI=1S/C22H14N6S/c1-23-19-18(11-14-6-7-15-4-2-3-5-16(15)10-14)21(22-24-13-27-28-22)29-20(19)17-8-9-25-26-12-17/h2-10,12-13H,11H2,(H,24,27,28). The van der Waals surface area contributed by atoms with Gasteiger partial charge >= 0.3 is 0 Å². The molecule has 0 aliphatic rings. The van der Waals surface area contributed by atoms with E-state index < -0.39 is 0 Å². The van der Waals surface area contributed by atoms with Gasteiger partial charge in [0.25, 0.3) is 0 Å². The number of nitrogens with zero attached hydrogens (tertiary/aromatic N) is 5. The van der Waals surface area contributed by atoms with Crippen molar-refractivity contribution in [1.29, 1.82) is 0 Å².